The van der Waals surface area contributed by atoms with E-state index in [9.17, 15) is 19.5 Å². The molecule has 1 spiro atoms. The van der Waals surface area contributed by atoms with Gasteiger partial charge in [0.05, 0.1) is 24.0 Å². The van der Waals surface area contributed by atoms with E-state index in [0.29, 0.717) is 42.9 Å². The van der Waals surface area contributed by atoms with Gasteiger partial charge in [0.15, 0.2) is 17.3 Å². The highest BCUT2D eigenvalue weighted by Gasteiger charge is 2.75. The summed E-state index contributed by atoms with van der Waals surface area (Å²) in [5.74, 6) is 0.611. The van der Waals surface area contributed by atoms with Gasteiger partial charge in [-0.25, -0.2) is 4.79 Å². The number of Topliss-reactive ketones (excluding diaryl/α,β-unsaturated/α-hetero) is 1. The van der Waals surface area contributed by atoms with Gasteiger partial charge in [-0.05, 0) is 83.1 Å². The Labute approximate surface area is 250 Å². The second-order valence-corrected chi connectivity index (χ2v) is 13.7. The second kappa shape index (κ2) is 9.69. The molecule has 1 aromatic heterocycles. The van der Waals surface area contributed by atoms with Crippen LogP contribution in [0, 0.1) is 5.92 Å². The Bertz CT molecular complexity index is 1510. The van der Waals surface area contributed by atoms with Crippen molar-refractivity contribution in [2.24, 2.45) is 5.92 Å². The Hall–Kier alpha value is -3.63. The molecular formula is C33H38N2O8. The number of hydrogen-bond donors (Lipinski definition) is 1. The molecule has 0 unspecified atom stereocenters. The molecule has 3 aliphatic carbocycles. The number of nitrogens with zero attached hydrogens (tertiary/aromatic N) is 2. The minimum Gasteiger partial charge on any atom is -0.483 e. The molecule has 1 amide bonds. The molecule has 2 aromatic rings. The van der Waals surface area contributed by atoms with Gasteiger partial charge in [0.1, 0.15) is 23.3 Å². The standard InChI is InChI=1S/C33H38N2O8/c1-31(2,3)43-30(38)41-23-9-8-21-25-27(23)42-29-22(34(4)24(36)10-7-20-12-16-40-18-20)11-13-33(39)28(26(21)37)35(17-19-5-6-19)15-14-32(25,29)33/h7-10,12,16,18-19,22,28-29,39H,5-6,11,13-15,17H2,1-4H3/b10-7+/t22-,28-,29+,32+,33-/m1/s1. The molecular weight excluding hydrogens is 552 g/mol. The molecule has 1 aromatic carbocycles. The van der Waals surface area contributed by atoms with Crippen LogP contribution in [0.1, 0.15) is 74.4 Å². The number of ether oxygens (including phenoxy) is 3. The molecule has 2 aliphatic heterocycles. The molecule has 2 bridgehead atoms. The third-order valence-corrected chi connectivity index (χ3v) is 9.95. The van der Waals surface area contributed by atoms with Crippen LogP contribution in [0.3, 0.4) is 0 Å². The van der Waals surface area contributed by atoms with Crippen molar-refractivity contribution < 1.29 is 38.1 Å². The fraction of sp³-hybridized carbons (Fsp3) is 0.545. The number of piperidine rings is 1. The molecule has 3 fully saturated rings. The largest absolute Gasteiger partial charge is 0.514 e. The molecule has 1 N–H and O–H groups in total. The Morgan fingerprint density at radius 1 is 1.19 bits per heavy atom. The van der Waals surface area contributed by atoms with E-state index in [-0.39, 0.29) is 23.2 Å². The van der Waals surface area contributed by atoms with Gasteiger partial charge in [-0.1, -0.05) is 0 Å². The predicted octanol–water partition coefficient (Wildman–Crippen LogP) is 4.34. The summed E-state index contributed by atoms with van der Waals surface area (Å²) in [6.45, 7) is 6.64. The maximum atomic E-state index is 14.2. The van der Waals surface area contributed by atoms with E-state index < -0.39 is 41.0 Å². The maximum Gasteiger partial charge on any atom is 0.514 e. The summed E-state index contributed by atoms with van der Waals surface area (Å²) in [5, 5.41) is 12.8. The lowest BCUT2D eigenvalue weighted by Gasteiger charge is -2.63. The van der Waals surface area contributed by atoms with Crippen LogP contribution in [0.25, 0.3) is 6.08 Å². The van der Waals surface area contributed by atoms with Crippen molar-refractivity contribution in [3.05, 3.63) is 53.5 Å². The van der Waals surface area contributed by atoms with Crippen molar-refractivity contribution in [2.75, 3.05) is 20.1 Å². The fourth-order valence-electron chi connectivity index (χ4n) is 7.94. The first-order chi connectivity index (χ1) is 20.4. The molecule has 2 saturated carbocycles. The summed E-state index contributed by atoms with van der Waals surface area (Å²) in [5.41, 5.74) is -1.29. The van der Waals surface area contributed by atoms with Crippen molar-refractivity contribution in [3.63, 3.8) is 0 Å². The van der Waals surface area contributed by atoms with Crippen molar-refractivity contribution in [1.82, 2.24) is 9.80 Å². The van der Waals surface area contributed by atoms with Crippen molar-refractivity contribution in [2.45, 2.75) is 87.7 Å². The lowest BCUT2D eigenvalue weighted by Crippen LogP contribution is -2.79. The lowest BCUT2D eigenvalue weighted by molar-refractivity contribution is -0.187. The van der Waals surface area contributed by atoms with Gasteiger partial charge in [0.25, 0.3) is 0 Å². The van der Waals surface area contributed by atoms with Crippen LogP contribution in [-0.4, -0.2) is 82.3 Å². The first-order valence-corrected chi connectivity index (χ1v) is 15.2. The number of benzene rings is 1. The number of hydrogen-bond acceptors (Lipinski definition) is 9. The molecule has 43 heavy (non-hydrogen) atoms. The van der Waals surface area contributed by atoms with Crippen LogP contribution in [0.5, 0.6) is 11.5 Å². The predicted molar refractivity (Wildman–Crippen MR) is 155 cm³/mol. The topological polar surface area (TPSA) is 119 Å². The number of likely N-dealkylation sites (tertiary alicyclic amines) is 1. The number of furan rings is 1. The summed E-state index contributed by atoms with van der Waals surface area (Å²) < 4.78 is 22.9. The van der Waals surface area contributed by atoms with E-state index in [0.717, 1.165) is 24.9 Å². The maximum absolute atomic E-state index is 14.2. The van der Waals surface area contributed by atoms with Gasteiger partial charge in [-0.15, -0.1) is 0 Å². The summed E-state index contributed by atoms with van der Waals surface area (Å²) in [6.07, 6.45) is 8.35. The van der Waals surface area contributed by atoms with E-state index >= 15 is 0 Å². The van der Waals surface area contributed by atoms with E-state index in [1.54, 1.807) is 69.5 Å². The second-order valence-electron chi connectivity index (χ2n) is 13.7. The van der Waals surface area contributed by atoms with Gasteiger partial charge in [-0.2, -0.15) is 0 Å². The molecule has 1 saturated heterocycles. The van der Waals surface area contributed by atoms with Crippen LogP contribution in [0.15, 0.2) is 41.2 Å². The lowest BCUT2D eigenvalue weighted by atomic mass is 9.48. The average Bonchev–Trinajstić information content (AvgIpc) is 3.45. The number of carbonyl (C=O) groups excluding carboxylic acids is 3. The zero-order chi connectivity index (χ0) is 30.3. The molecule has 228 valence electrons. The number of likely N-dealkylation sites (N-methyl/N-ethyl adjacent to an activating group) is 1. The molecule has 3 heterocycles. The Balaban J connectivity index is 1.30. The number of carbonyl (C=O) groups is 3. The smallest absolute Gasteiger partial charge is 0.483 e. The van der Waals surface area contributed by atoms with E-state index in [2.05, 4.69) is 4.90 Å². The number of rotatable bonds is 6. The molecule has 0 radical (unpaired) electrons. The molecule has 5 atom stereocenters. The van der Waals surface area contributed by atoms with Crippen molar-refractivity contribution in [3.8, 4) is 11.5 Å². The van der Waals surface area contributed by atoms with Gasteiger partial charge in [0, 0.05) is 42.9 Å². The minimum absolute atomic E-state index is 0.131. The van der Waals surface area contributed by atoms with Crippen LogP contribution in [-0.2, 0) is 14.9 Å². The van der Waals surface area contributed by atoms with Gasteiger partial charge < -0.3 is 28.6 Å². The highest BCUT2D eigenvalue weighted by atomic mass is 16.7. The minimum atomic E-state index is -1.41. The molecule has 7 rings (SSSR count). The molecule has 10 nitrogen and oxygen atoms in total. The van der Waals surface area contributed by atoms with Crippen LogP contribution in [0.2, 0.25) is 0 Å². The first kappa shape index (κ1) is 28.2. The van der Waals surface area contributed by atoms with Gasteiger partial charge in [-0.3, -0.25) is 14.5 Å². The van der Waals surface area contributed by atoms with E-state index in [4.69, 9.17) is 18.6 Å². The average molecular weight is 591 g/mol. The van der Waals surface area contributed by atoms with Crippen molar-refractivity contribution >= 4 is 23.9 Å². The molecule has 10 heteroatoms. The van der Waals surface area contributed by atoms with Crippen molar-refractivity contribution in [1.29, 1.82) is 0 Å². The summed E-state index contributed by atoms with van der Waals surface area (Å²) >= 11 is 0. The third kappa shape index (κ3) is 4.32. The highest BCUT2D eigenvalue weighted by Crippen LogP contribution is 2.66. The Kier molecular flexibility index (Phi) is 6.34. The Morgan fingerprint density at radius 3 is 2.67 bits per heavy atom. The molecule has 5 aliphatic rings. The number of ketones is 1. The fourth-order valence-corrected chi connectivity index (χ4v) is 7.94. The van der Waals surface area contributed by atoms with Crippen LogP contribution < -0.4 is 9.47 Å². The van der Waals surface area contributed by atoms with Gasteiger partial charge in [0.2, 0.25) is 5.91 Å². The summed E-state index contributed by atoms with van der Waals surface area (Å²) in [4.78, 5) is 44.3. The summed E-state index contributed by atoms with van der Waals surface area (Å²) in [6, 6.07) is 3.93. The number of amides is 1. The van der Waals surface area contributed by atoms with Gasteiger partial charge >= 0.3 is 6.16 Å². The van der Waals surface area contributed by atoms with Crippen LogP contribution in [0.4, 0.5) is 4.79 Å². The van der Waals surface area contributed by atoms with E-state index in [1.807, 2.05) is 0 Å². The monoisotopic (exact) mass is 590 g/mol. The Morgan fingerprint density at radius 2 is 1.98 bits per heavy atom. The SMILES string of the molecule is CN(C(=O)/C=C/c1ccoc1)[C@@H]1CC[C@@]2(O)[C@H]3C(=O)c4ccc(OC(=O)OC(C)(C)C)c5c4[C@@]2(CCN3CC2CC2)[C@H]1O5. The quantitative estimate of drug-likeness (QED) is 0.298. The van der Waals surface area contributed by atoms with E-state index in [1.165, 1.54) is 6.08 Å². The zero-order valence-corrected chi connectivity index (χ0v) is 25.0. The first-order valence-electron chi connectivity index (χ1n) is 15.2. The number of aliphatic hydroxyl groups is 1. The normalized spacial score (nSPS) is 31.0. The van der Waals surface area contributed by atoms with Crippen LogP contribution >= 0.6 is 0 Å². The zero-order valence-electron chi connectivity index (χ0n) is 25.0. The highest BCUT2D eigenvalue weighted by molar-refractivity contribution is 6.06. The third-order valence-electron chi connectivity index (χ3n) is 9.95. The summed E-state index contributed by atoms with van der Waals surface area (Å²) in [7, 11) is 1.74.